The standard InChI is InChI=1S/C17H21NO3/c1-12-13(10-11-16(19)20)8-5-9-15(12)18-17(21)14-6-3-2-4-7-14/h5,8-11,14H,2-4,6-7H2,1H3,(H,18,21)(H,19,20). The first-order valence-electron chi connectivity index (χ1n) is 7.39. The third-order valence-corrected chi connectivity index (χ3v) is 4.01. The molecule has 4 nitrogen and oxygen atoms in total. The van der Waals surface area contributed by atoms with Crippen LogP contribution in [0.5, 0.6) is 0 Å². The van der Waals surface area contributed by atoms with Crippen molar-refractivity contribution in [3.05, 3.63) is 35.4 Å². The smallest absolute Gasteiger partial charge is 0.328 e. The highest BCUT2D eigenvalue weighted by atomic mass is 16.4. The highest BCUT2D eigenvalue weighted by Crippen LogP contribution is 2.26. The Labute approximate surface area is 124 Å². The van der Waals surface area contributed by atoms with Gasteiger partial charge in [-0.3, -0.25) is 4.79 Å². The lowest BCUT2D eigenvalue weighted by Gasteiger charge is -2.21. The van der Waals surface area contributed by atoms with Crippen LogP contribution in [-0.4, -0.2) is 17.0 Å². The van der Waals surface area contributed by atoms with E-state index >= 15 is 0 Å². The fourth-order valence-electron chi connectivity index (χ4n) is 2.73. The topological polar surface area (TPSA) is 66.4 Å². The number of hydrogen-bond donors (Lipinski definition) is 2. The fourth-order valence-corrected chi connectivity index (χ4v) is 2.73. The predicted octanol–water partition coefficient (Wildman–Crippen LogP) is 3.61. The molecule has 0 bridgehead atoms. The van der Waals surface area contributed by atoms with Crippen LogP contribution in [0.4, 0.5) is 5.69 Å². The zero-order valence-electron chi connectivity index (χ0n) is 12.3. The van der Waals surface area contributed by atoms with Crippen LogP contribution in [0, 0.1) is 12.8 Å². The van der Waals surface area contributed by atoms with Crippen LogP contribution in [0.25, 0.3) is 6.08 Å². The summed E-state index contributed by atoms with van der Waals surface area (Å²) in [5.74, 6) is -0.792. The van der Waals surface area contributed by atoms with Crippen LogP contribution in [0.2, 0.25) is 0 Å². The molecule has 21 heavy (non-hydrogen) atoms. The SMILES string of the molecule is Cc1c(C=CC(=O)O)cccc1NC(=O)C1CCCCC1. The van der Waals surface area contributed by atoms with E-state index in [9.17, 15) is 9.59 Å². The van der Waals surface area contributed by atoms with Crippen molar-refractivity contribution < 1.29 is 14.7 Å². The van der Waals surface area contributed by atoms with Gasteiger partial charge in [0.25, 0.3) is 0 Å². The minimum atomic E-state index is -0.981. The number of carbonyl (C=O) groups excluding carboxylic acids is 1. The Hall–Kier alpha value is -2.10. The summed E-state index contributed by atoms with van der Waals surface area (Å²) in [6, 6.07) is 5.52. The maximum Gasteiger partial charge on any atom is 0.328 e. The van der Waals surface area contributed by atoms with Gasteiger partial charge in [0, 0.05) is 17.7 Å². The van der Waals surface area contributed by atoms with Gasteiger partial charge in [-0.1, -0.05) is 31.4 Å². The second-order valence-electron chi connectivity index (χ2n) is 5.52. The maximum absolute atomic E-state index is 12.3. The van der Waals surface area contributed by atoms with E-state index in [-0.39, 0.29) is 11.8 Å². The van der Waals surface area contributed by atoms with E-state index in [4.69, 9.17) is 5.11 Å². The van der Waals surface area contributed by atoms with Gasteiger partial charge >= 0.3 is 5.97 Å². The number of carboxylic acid groups (broad SMARTS) is 1. The van der Waals surface area contributed by atoms with Crippen LogP contribution in [-0.2, 0) is 9.59 Å². The van der Waals surface area contributed by atoms with Gasteiger partial charge in [-0.05, 0) is 43.0 Å². The van der Waals surface area contributed by atoms with E-state index in [0.717, 1.165) is 48.6 Å². The molecule has 0 aliphatic heterocycles. The van der Waals surface area contributed by atoms with Crippen molar-refractivity contribution in [2.75, 3.05) is 5.32 Å². The molecule has 0 radical (unpaired) electrons. The molecule has 1 aliphatic carbocycles. The van der Waals surface area contributed by atoms with E-state index in [1.54, 1.807) is 6.08 Å². The molecule has 0 heterocycles. The Balaban J connectivity index is 2.11. The average Bonchev–Trinajstić information content (AvgIpc) is 2.49. The first kappa shape index (κ1) is 15.3. The Morgan fingerprint density at radius 2 is 1.95 bits per heavy atom. The van der Waals surface area contributed by atoms with Gasteiger partial charge in [-0.2, -0.15) is 0 Å². The summed E-state index contributed by atoms with van der Waals surface area (Å²) in [5.41, 5.74) is 2.45. The van der Waals surface area contributed by atoms with Gasteiger partial charge in [0.15, 0.2) is 0 Å². The lowest BCUT2D eigenvalue weighted by Crippen LogP contribution is -2.25. The number of hydrogen-bond acceptors (Lipinski definition) is 2. The molecule has 2 rings (SSSR count). The third-order valence-electron chi connectivity index (χ3n) is 4.01. The third kappa shape index (κ3) is 4.18. The Kier molecular flexibility index (Phi) is 5.14. The number of amides is 1. The zero-order chi connectivity index (χ0) is 15.2. The number of carbonyl (C=O) groups is 2. The van der Waals surface area contributed by atoms with Gasteiger partial charge in [-0.25, -0.2) is 4.79 Å². The predicted molar refractivity (Wildman–Crippen MR) is 83.1 cm³/mol. The minimum Gasteiger partial charge on any atom is -0.478 e. The quantitative estimate of drug-likeness (QED) is 0.831. The molecule has 1 aliphatic rings. The second kappa shape index (κ2) is 7.07. The summed E-state index contributed by atoms with van der Waals surface area (Å²) in [5, 5.41) is 11.7. The number of rotatable bonds is 4. The monoisotopic (exact) mass is 287 g/mol. The molecule has 0 saturated heterocycles. The van der Waals surface area contributed by atoms with Crippen LogP contribution < -0.4 is 5.32 Å². The van der Waals surface area contributed by atoms with Crippen molar-refractivity contribution in [2.45, 2.75) is 39.0 Å². The molecule has 1 fully saturated rings. The molecule has 1 aromatic carbocycles. The minimum absolute atomic E-state index is 0.0807. The Morgan fingerprint density at radius 1 is 1.24 bits per heavy atom. The van der Waals surface area contributed by atoms with Crippen LogP contribution in [0.1, 0.15) is 43.2 Å². The van der Waals surface area contributed by atoms with Crippen LogP contribution >= 0.6 is 0 Å². The molecule has 0 aromatic heterocycles. The summed E-state index contributed by atoms with van der Waals surface area (Å²) in [6.45, 7) is 1.89. The van der Waals surface area contributed by atoms with Gasteiger partial charge in [0.05, 0.1) is 0 Å². The summed E-state index contributed by atoms with van der Waals surface area (Å²) in [6.07, 6.45) is 8.05. The molecular weight excluding hydrogens is 266 g/mol. The van der Waals surface area contributed by atoms with Gasteiger partial charge in [0.2, 0.25) is 5.91 Å². The number of anilines is 1. The Morgan fingerprint density at radius 3 is 2.62 bits per heavy atom. The van der Waals surface area contributed by atoms with E-state index in [0.29, 0.717) is 0 Å². The number of benzene rings is 1. The molecule has 0 unspecified atom stereocenters. The largest absolute Gasteiger partial charge is 0.478 e. The van der Waals surface area contributed by atoms with Crippen molar-refractivity contribution in [1.82, 2.24) is 0 Å². The van der Waals surface area contributed by atoms with E-state index < -0.39 is 5.97 Å². The lowest BCUT2D eigenvalue weighted by atomic mass is 9.88. The highest BCUT2D eigenvalue weighted by molar-refractivity contribution is 5.94. The Bertz CT molecular complexity index is 557. The molecular formula is C17H21NO3. The molecule has 112 valence electrons. The van der Waals surface area contributed by atoms with Gasteiger partial charge in [-0.15, -0.1) is 0 Å². The molecule has 0 spiro atoms. The molecule has 1 aromatic rings. The first-order valence-corrected chi connectivity index (χ1v) is 7.39. The number of carboxylic acids is 1. The van der Waals surface area contributed by atoms with Crippen molar-refractivity contribution in [1.29, 1.82) is 0 Å². The summed E-state index contributed by atoms with van der Waals surface area (Å²) in [7, 11) is 0. The summed E-state index contributed by atoms with van der Waals surface area (Å²) < 4.78 is 0. The molecule has 2 N–H and O–H groups in total. The second-order valence-corrected chi connectivity index (χ2v) is 5.52. The summed E-state index contributed by atoms with van der Waals surface area (Å²) >= 11 is 0. The van der Waals surface area contributed by atoms with Crippen molar-refractivity contribution >= 4 is 23.6 Å². The number of nitrogens with one attached hydrogen (secondary N) is 1. The van der Waals surface area contributed by atoms with Crippen molar-refractivity contribution in [2.24, 2.45) is 5.92 Å². The van der Waals surface area contributed by atoms with Gasteiger partial charge < -0.3 is 10.4 Å². The van der Waals surface area contributed by atoms with E-state index in [2.05, 4.69) is 5.32 Å². The zero-order valence-corrected chi connectivity index (χ0v) is 12.3. The summed E-state index contributed by atoms with van der Waals surface area (Å²) in [4.78, 5) is 22.9. The molecule has 1 amide bonds. The lowest BCUT2D eigenvalue weighted by molar-refractivity contribution is -0.131. The molecule has 1 saturated carbocycles. The maximum atomic E-state index is 12.3. The molecule has 0 atom stereocenters. The van der Waals surface area contributed by atoms with E-state index in [1.165, 1.54) is 6.42 Å². The molecule has 4 heteroatoms. The van der Waals surface area contributed by atoms with Crippen molar-refractivity contribution in [3.63, 3.8) is 0 Å². The first-order chi connectivity index (χ1) is 10.1. The van der Waals surface area contributed by atoms with Crippen LogP contribution in [0.3, 0.4) is 0 Å². The van der Waals surface area contributed by atoms with Crippen LogP contribution in [0.15, 0.2) is 24.3 Å². The number of aliphatic carboxylic acids is 1. The average molecular weight is 287 g/mol. The van der Waals surface area contributed by atoms with Crippen molar-refractivity contribution in [3.8, 4) is 0 Å². The van der Waals surface area contributed by atoms with E-state index in [1.807, 2.05) is 25.1 Å². The normalized spacial score (nSPS) is 16.0. The van der Waals surface area contributed by atoms with Gasteiger partial charge in [0.1, 0.15) is 0 Å². The highest BCUT2D eigenvalue weighted by Gasteiger charge is 2.21. The fraction of sp³-hybridized carbons (Fsp3) is 0.412.